The average Bonchev–Trinajstić information content (AvgIpc) is 2.78. The van der Waals surface area contributed by atoms with Crippen molar-refractivity contribution in [3.05, 3.63) is 65.2 Å². The molecule has 2 aromatic carbocycles. The van der Waals surface area contributed by atoms with Crippen molar-refractivity contribution in [1.82, 2.24) is 10.2 Å². The first-order valence-corrected chi connectivity index (χ1v) is 13.1. The molecule has 2 aromatic rings. The molecule has 0 heterocycles. The lowest BCUT2D eigenvalue weighted by molar-refractivity contribution is -0.140. The third-order valence-electron chi connectivity index (χ3n) is 5.65. The highest BCUT2D eigenvalue weighted by atomic mass is 32.2. The molecule has 0 saturated carbocycles. The van der Waals surface area contributed by atoms with Crippen LogP contribution in [0, 0.1) is 6.92 Å². The highest BCUT2D eigenvalue weighted by Gasteiger charge is 2.31. The van der Waals surface area contributed by atoms with Gasteiger partial charge in [0.15, 0.2) is 0 Å². The Labute approximate surface area is 197 Å². The number of anilines is 1. The fourth-order valence-electron chi connectivity index (χ4n) is 3.69. The van der Waals surface area contributed by atoms with Crippen molar-refractivity contribution in [2.75, 3.05) is 23.7 Å². The van der Waals surface area contributed by atoms with Gasteiger partial charge in [-0.05, 0) is 55.5 Å². The quantitative estimate of drug-likeness (QED) is 0.543. The van der Waals surface area contributed by atoms with Crippen molar-refractivity contribution in [1.29, 1.82) is 0 Å². The molecule has 0 bridgehead atoms. The van der Waals surface area contributed by atoms with Gasteiger partial charge in [-0.25, -0.2) is 8.42 Å². The highest BCUT2D eigenvalue weighted by molar-refractivity contribution is 7.92. The minimum atomic E-state index is -3.72. The molecule has 1 atom stereocenters. The van der Waals surface area contributed by atoms with Crippen LogP contribution in [0.1, 0.15) is 43.9 Å². The zero-order chi connectivity index (χ0) is 24.6. The maximum Gasteiger partial charge on any atom is 0.244 e. The molecule has 7 nitrogen and oxygen atoms in total. The van der Waals surface area contributed by atoms with Gasteiger partial charge >= 0.3 is 0 Å². The van der Waals surface area contributed by atoms with Gasteiger partial charge < -0.3 is 10.2 Å². The predicted octanol–water partition coefficient (Wildman–Crippen LogP) is 3.27. The molecule has 2 rings (SSSR count). The first-order valence-electron chi connectivity index (χ1n) is 11.3. The Morgan fingerprint density at radius 3 is 2.15 bits per heavy atom. The van der Waals surface area contributed by atoms with Gasteiger partial charge in [-0.15, -0.1) is 0 Å². The first kappa shape index (κ1) is 26.4. The van der Waals surface area contributed by atoms with Crippen molar-refractivity contribution in [3.63, 3.8) is 0 Å². The molecule has 1 unspecified atom stereocenters. The minimum Gasteiger partial charge on any atom is -0.355 e. The van der Waals surface area contributed by atoms with E-state index in [9.17, 15) is 18.0 Å². The molecule has 0 radical (unpaired) electrons. The second kappa shape index (κ2) is 11.8. The maximum absolute atomic E-state index is 13.6. The number of likely N-dealkylation sites (N-methyl/N-ethyl adjacent to an activating group) is 1. The Kier molecular flexibility index (Phi) is 9.46. The summed E-state index contributed by atoms with van der Waals surface area (Å²) in [7, 11) is -3.72. The molecule has 8 heteroatoms. The molecule has 0 fully saturated rings. The van der Waals surface area contributed by atoms with Gasteiger partial charge in [0.25, 0.3) is 0 Å². The number of nitrogens with one attached hydrogen (secondary N) is 1. The summed E-state index contributed by atoms with van der Waals surface area (Å²) in [5, 5.41) is 2.80. The van der Waals surface area contributed by atoms with E-state index in [4.69, 9.17) is 0 Å². The summed E-state index contributed by atoms with van der Waals surface area (Å²) in [5.74, 6) is -0.679. The molecule has 0 spiro atoms. The van der Waals surface area contributed by atoms with Crippen LogP contribution in [-0.2, 0) is 32.6 Å². The molecule has 0 aliphatic carbocycles. The average molecular weight is 474 g/mol. The molecule has 0 saturated heterocycles. The van der Waals surface area contributed by atoms with E-state index >= 15 is 0 Å². The fraction of sp³-hybridized carbons (Fsp3) is 0.440. The van der Waals surface area contributed by atoms with Crippen LogP contribution in [0.15, 0.2) is 48.5 Å². The van der Waals surface area contributed by atoms with E-state index in [2.05, 4.69) is 5.32 Å². The third kappa shape index (κ3) is 7.05. The van der Waals surface area contributed by atoms with Crippen LogP contribution in [0.5, 0.6) is 0 Å². The number of nitrogens with zero attached hydrogens (tertiary/aromatic N) is 2. The molecule has 2 amide bonds. The topological polar surface area (TPSA) is 86.8 Å². The number of sulfonamides is 1. The zero-order valence-corrected chi connectivity index (χ0v) is 21.0. The number of carbonyl (C=O) groups is 2. The predicted molar refractivity (Wildman–Crippen MR) is 133 cm³/mol. The van der Waals surface area contributed by atoms with Crippen LogP contribution >= 0.6 is 0 Å². The molecule has 180 valence electrons. The standard InChI is InChI=1S/C25H35N3O4S/c1-6-20-13-15-22(16-14-20)28(33(5,31)32)18-24(29)27(23(7-2)25(30)26-8-3)17-21-12-10-9-11-19(21)4/h9-16,23H,6-8,17-18H2,1-5H3,(H,26,30). The monoisotopic (exact) mass is 473 g/mol. The Morgan fingerprint density at radius 1 is 1.00 bits per heavy atom. The molecular formula is C25H35N3O4S. The van der Waals surface area contributed by atoms with E-state index in [1.807, 2.05) is 64.1 Å². The first-order chi connectivity index (χ1) is 15.6. The van der Waals surface area contributed by atoms with E-state index in [1.54, 1.807) is 12.1 Å². The van der Waals surface area contributed by atoms with Crippen molar-refractivity contribution < 1.29 is 18.0 Å². The van der Waals surface area contributed by atoms with Crippen molar-refractivity contribution in [2.45, 2.75) is 53.1 Å². The zero-order valence-electron chi connectivity index (χ0n) is 20.2. The van der Waals surface area contributed by atoms with Gasteiger partial charge in [0.2, 0.25) is 21.8 Å². The number of aryl methyl sites for hydroxylation is 2. The highest BCUT2D eigenvalue weighted by Crippen LogP contribution is 2.21. The normalized spacial score (nSPS) is 12.2. The molecule has 1 N–H and O–H groups in total. The number of hydrogen-bond donors (Lipinski definition) is 1. The smallest absolute Gasteiger partial charge is 0.244 e. The Bertz CT molecular complexity index is 1050. The van der Waals surface area contributed by atoms with Crippen LogP contribution < -0.4 is 9.62 Å². The van der Waals surface area contributed by atoms with Crippen LogP contribution in [0.2, 0.25) is 0 Å². The van der Waals surface area contributed by atoms with Crippen LogP contribution in [0.4, 0.5) is 5.69 Å². The number of hydrogen-bond acceptors (Lipinski definition) is 4. The summed E-state index contributed by atoms with van der Waals surface area (Å²) in [4.78, 5) is 27.8. The van der Waals surface area contributed by atoms with Gasteiger partial charge in [-0.2, -0.15) is 0 Å². The summed E-state index contributed by atoms with van der Waals surface area (Å²) >= 11 is 0. The van der Waals surface area contributed by atoms with Crippen LogP contribution in [-0.4, -0.2) is 50.5 Å². The molecular weight excluding hydrogens is 438 g/mol. The van der Waals surface area contributed by atoms with E-state index in [0.717, 1.165) is 33.7 Å². The van der Waals surface area contributed by atoms with Gasteiger partial charge in [0, 0.05) is 13.1 Å². The largest absolute Gasteiger partial charge is 0.355 e. The van der Waals surface area contributed by atoms with Crippen molar-refractivity contribution in [2.24, 2.45) is 0 Å². The van der Waals surface area contributed by atoms with E-state index in [0.29, 0.717) is 18.7 Å². The molecule has 0 aromatic heterocycles. The van der Waals surface area contributed by atoms with Crippen molar-refractivity contribution >= 4 is 27.5 Å². The van der Waals surface area contributed by atoms with Gasteiger partial charge in [-0.1, -0.05) is 50.2 Å². The number of amides is 2. The lowest BCUT2D eigenvalue weighted by Gasteiger charge is -2.33. The lowest BCUT2D eigenvalue weighted by Crippen LogP contribution is -2.52. The molecule has 33 heavy (non-hydrogen) atoms. The summed E-state index contributed by atoms with van der Waals surface area (Å²) in [6.45, 7) is 7.91. The third-order valence-corrected chi connectivity index (χ3v) is 6.79. The fourth-order valence-corrected chi connectivity index (χ4v) is 4.54. The summed E-state index contributed by atoms with van der Waals surface area (Å²) in [6, 6.07) is 14.1. The van der Waals surface area contributed by atoms with Crippen LogP contribution in [0.3, 0.4) is 0 Å². The minimum absolute atomic E-state index is 0.216. The summed E-state index contributed by atoms with van der Waals surface area (Å²) in [5.41, 5.74) is 3.40. The van der Waals surface area contributed by atoms with E-state index < -0.39 is 22.0 Å². The Morgan fingerprint density at radius 2 is 1.64 bits per heavy atom. The Hall–Kier alpha value is -2.87. The summed E-state index contributed by atoms with van der Waals surface area (Å²) < 4.78 is 26.3. The Balaban J connectivity index is 2.43. The van der Waals surface area contributed by atoms with Gasteiger partial charge in [0.1, 0.15) is 12.6 Å². The van der Waals surface area contributed by atoms with Crippen LogP contribution in [0.25, 0.3) is 0 Å². The SMILES string of the molecule is CCNC(=O)C(CC)N(Cc1ccccc1C)C(=O)CN(c1ccc(CC)cc1)S(C)(=O)=O. The van der Waals surface area contributed by atoms with E-state index in [-0.39, 0.29) is 19.0 Å². The van der Waals surface area contributed by atoms with Gasteiger partial charge in [-0.3, -0.25) is 13.9 Å². The lowest BCUT2D eigenvalue weighted by atomic mass is 10.1. The molecule has 0 aliphatic rings. The van der Waals surface area contributed by atoms with E-state index in [1.165, 1.54) is 4.90 Å². The van der Waals surface area contributed by atoms with Crippen molar-refractivity contribution in [3.8, 4) is 0 Å². The molecule has 0 aliphatic heterocycles. The van der Waals surface area contributed by atoms with Gasteiger partial charge in [0.05, 0.1) is 11.9 Å². The second-order valence-corrected chi connectivity index (χ2v) is 9.96. The summed E-state index contributed by atoms with van der Waals surface area (Å²) in [6.07, 6.45) is 2.32. The number of benzene rings is 2. The number of rotatable bonds is 11. The maximum atomic E-state index is 13.6. The second-order valence-electron chi connectivity index (χ2n) is 8.06. The number of carbonyl (C=O) groups excluding carboxylic acids is 2.